The van der Waals surface area contributed by atoms with Crippen LogP contribution in [0.4, 0.5) is 0 Å². The molecule has 14 heteroatoms. The van der Waals surface area contributed by atoms with Crippen LogP contribution in [0.2, 0.25) is 5.02 Å². The van der Waals surface area contributed by atoms with Gasteiger partial charge in [0.1, 0.15) is 24.0 Å². The van der Waals surface area contributed by atoms with E-state index in [1.54, 1.807) is 11.5 Å². The summed E-state index contributed by atoms with van der Waals surface area (Å²) in [6, 6.07) is 0. The Bertz CT molecular complexity index is 1360. The predicted molar refractivity (Wildman–Crippen MR) is 128 cm³/mol. The second-order valence-corrected chi connectivity index (χ2v) is 11.9. The summed E-state index contributed by atoms with van der Waals surface area (Å²) >= 11 is 5.89. The zero-order valence-corrected chi connectivity index (χ0v) is 21.8. The maximum atomic E-state index is 13.6. The first-order chi connectivity index (χ1) is 17.2. The summed E-state index contributed by atoms with van der Waals surface area (Å²) < 4.78 is 45.4. The summed E-state index contributed by atoms with van der Waals surface area (Å²) in [5.74, 6) is 1.28. The molecule has 2 aliphatic carbocycles. The average Bonchev–Trinajstić information content (AvgIpc) is 3.77. The second kappa shape index (κ2) is 9.20. The van der Waals surface area contributed by atoms with Crippen LogP contribution >= 0.6 is 11.6 Å². The highest BCUT2D eigenvalue weighted by atomic mass is 35.5. The van der Waals surface area contributed by atoms with Gasteiger partial charge in [-0.15, -0.1) is 10.2 Å². The summed E-state index contributed by atoms with van der Waals surface area (Å²) in [6.45, 7) is 1.55. The molecule has 2 fully saturated rings. The van der Waals surface area contributed by atoms with Crippen LogP contribution in [0.5, 0.6) is 11.8 Å². The molecule has 0 bridgehead atoms. The van der Waals surface area contributed by atoms with E-state index in [1.807, 2.05) is 0 Å². The molecule has 0 amide bonds. The third kappa shape index (κ3) is 4.28. The predicted octanol–water partition coefficient (Wildman–Crippen LogP) is 2.48. The monoisotopic (exact) mass is 535 g/mol. The van der Waals surface area contributed by atoms with Crippen LogP contribution in [0.3, 0.4) is 0 Å². The zero-order chi connectivity index (χ0) is 25.7. The van der Waals surface area contributed by atoms with Gasteiger partial charge in [0.25, 0.3) is 0 Å². The molecule has 2 saturated carbocycles. The molecule has 0 N–H and O–H groups in total. The van der Waals surface area contributed by atoms with Gasteiger partial charge in [-0.25, -0.2) is 18.4 Å². The number of aromatic nitrogens is 7. The minimum absolute atomic E-state index is 0.169. The lowest BCUT2D eigenvalue weighted by Crippen LogP contribution is -2.30. The summed E-state index contributed by atoms with van der Waals surface area (Å²) in [7, 11) is 0.519. The molecule has 3 atom stereocenters. The van der Waals surface area contributed by atoms with Crippen molar-refractivity contribution in [2.75, 3.05) is 21.3 Å². The molecule has 1 spiro atoms. The molecule has 0 aliphatic heterocycles. The van der Waals surface area contributed by atoms with Crippen LogP contribution in [-0.2, 0) is 20.3 Å². The molecule has 3 aromatic rings. The van der Waals surface area contributed by atoms with Crippen molar-refractivity contribution in [2.45, 2.75) is 49.2 Å². The van der Waals surface area contributed by atoms with Crippen LogP contribution < -0.4 is 9.47 Å². The Morgan fingerprint density at radius 3 is 2.25 bits per heavy atom. The molecule has 3 heterocycles. The van der Waals surface area contributed by atoms with E-state index in [0.717, 1.165) is 19.3 Å². The van der Waals surface area contributed by atoms with Gasteiger partial charge < -0.3 is 14.2 Å². The molecule has 3 aromatic heterocycles. The lowest BCUT2D eigenvalue weighted by atomic mass is 10.2. The van der Waals surface area contributed by atoms with Crippen LogP contribution in [-0.4, -0.2) is 69.7 Å². The van der Waals surface area contributed by atoms with E-state index in [2.05, 4.69) is 30.1 Å². The van der Waals surface area contributed by atoms with Crippen molar-refractivity contribution < 1.29 is 22.6 Å². The molecule has 192 valence electrons. The van der Waals surface area contributed by atoms with Crippen molar-refractivity contribution in [3.63, 3.8) is 0 Å². The average molecular weight is 536 g/mol. The highest BCUT2D eigenvalue weighted by Gasteiger charge is 2.65. The number of hydrogen-bond donors (Lipinski definition) is 0. The zero-order valence-electron chi connectivity index (χ0n) is 20.3. The highest BCUT2D eigenvalue weighted by molar-refractivity contribution is 7.91. The normalized spacial score (nSPS) is 19.6. The topological polar surface area (TPSA) is 144 Å². The Morgan fingerprint density at radius 2 is 1.72 bits per heavy atom. The molecule has 2 aliphatic rings. The number of hydrogen-bond acceptors (Lipinski definition) is 11. The number of nitrogens with zero attached hydrogens (tertiary/aromatic N) is 7. The maximum Gasteiger partial charge on any atom is 0.245 e. The number of rotatable bonds is 10. The van der Waals surface area contributed by atoms with E-state index in [4.69, 9.17) is 25.8 Å². The Hall–Kier alpha value is -2.90. The Balaban J connectivity index is 1.55. The standard InChI is InChI=1S/C22H26ClN7O5S/c1-12(17(33-2)18-24-8-13(23)9-25-18)36(31,32)10-15-28-29-19(14-7-22(14)5-6-22)30(15)16-20(34-3)26-11-27-21(16)35-4/h8-9,11-12,14,17H,5-7,10H2,1-4H3/t12-,14+,17-/m0/s1. The molecule has 5 rings (SSSR count). The van der Waals surface area contributed by atoms with Crippen LogP contribution in [0, 0.1) is 5.41 Å². The number of methoxy groups -OCH3 is 3. The van der Waals surface area contributed by atoms with Crippen LogP contribution in [0.1, 0.15) is 55.7 Å². The quantitative estimate of drug-likeness (QED) is 0.377. The smallest absolute Gasteiger partial charge is 0.245 e. The van der Waals surface area contributed by atoms with E-state index in [1.165, 1.54) is 40.1 Å². The van der Waals surface area contributed by atoms with E-state index in [9.17, 15) is 8.42 Å². The van der Waals surface area contributed by atoms with Gasteiger partial charge in [0.2, 0.25) is 11.8 Å². The first-order valence-corrected chi connectivity index (χ1v) is 13.4. The van der Waals surface area contributed by atoms with Crippen molar-refractivity contribution in [2.24, 2.45) is 5.41 Å². The lowest BCUT2D eigenvalue weighted by molar-refractivity contribution is 0.0948. The first-order valence-electron chi connectivity index (χ1n) is 11.3. The van der Waals surface area contributed by atoms with Gasteiger partial charge in [-0.3, -0.25) is 4.57 Å². The fraction of sp³-hybridized carbons (Fsp3) is 0.545. The van der Waals surface area contributed by atoms with Gasteiger partial charge in [-0.1, -0.05) is 11.6 Å². The van der Waals surface area contributed by atoms with E-state index in [0.29, 0.717) is 16.5 Å². The van der Waals surface area contributed by atoms with Crippen LogP contribution in [0.15, 0.2) is 18.7 Å². The second-order valence-electron chi connectivity index (χ2n) is 9.10. The number of halogens is 1. The largest absolute Gasteiger partial charge is 0.479 e. The van der Waals surface area contributed by atoms with Gasteiger partial charge >= 0.3 is 0 Å². The maximum absolute atomic E-state index is 13.6. The molecule has 0 radical (unpaired) electrons. The molecule has 0 saturated heterocycles. The summed E-state index contributed by atoms with van der Waals surface area (Å²) in [6.07, 6.45) is 6.41. The minimum Gasteiger partial charge on any atom is -0.479 e. The van der Waals surface area contributed by atoms with Gasteiger partial charge in [0, 0.05) is 25.4 Å². The van der Waals surface area contributed by atoms with Gasteiger partial charge in [0.15, 0.2) is 27.2 Å². The van der Waals surface area contributed by atoms with Gasteiger partial charge in [-0.05, 0) is 31.6 Å². The Labute approximate surface area is 213 Å². The van der Waals surface area contributed by atoms with Crippen molar-refractivity contribution in [1.29, 1.82) is 0 Å². The van der Waals surface area contributed by atoms with E-state index < -0.39 is 26.9 Å². The van der Waals surface area contributed by atoms with Crippen molar-refractivity contribution in [3.8, 4) is 17.4 Å². The summed E-state index contributed by atoms with van der Waals surface area (Å²) in [5.41, 5.74) is 0.601. The third-order valence-corrected chi connectivity index (χ3v) is 9.22. The molecule has 0 aromatic carbocycles. The fourth-order valence-electron chi connectivity index (χ4n) is 4.63. The molecule has 36 heavy (non-hydrogen) atoms. The van der Waals surface area contributed by atoms with Gasteiger partial charge in [0.05, 0.1) is 24.5 Å². The van der Waals surface area contributed by atoms with Crippen LogP contribution in [0.25, 0.3) is 5.69 Å². The molecule has 12 nitrogen and oxygen atoms in total. The molecular formula is C22H26ClN7O5S. The summed E-state index contributed by atoms with van der Waals surface area (Å²) in [4.78, 5) is 16.7. The fourth-order valence-corrected chi connectivity index (χ4v) is 6.15. The SMILES string of the molecule is COc1ncnc(OC)c1-n1c(CS(=O)(=O)[C@@H](C)[C@H](OC)c2ncc(Cl)cn2)nnc1[C@H]1CC12CC2. The number of ether oxygens (including phenoxy) is 3. The van der Waals surface area contributed by atoms with E-state index in [-0.39, 0.29) is 34.7 Å². The molecular weight excluding hydrogens is 510 g/mol. The Kier molecular flexibility index (Phi) is 6.33. The van der Waals surface area contributed by atoms with Gasteiger partial charge in [-0.2, -0.15) is 9.97 Å². The first kappa shape index (κ1) is 24.8. The number of sulfone groups is 1. The third-order valence-electron chi connectivity index (χ3n) is 6.99. The van der Waals surface area contributed by atoms with Crippen molar-refractivity contribution >= 4 is 21.4 Å². The highest BCUT2D eigenvalue weighted by Crippen LogP contribution is 2.74. The van der Waals surface area contributed by atoms with E-state index >= 15 is 0 Å². The minimum atomic E-state index is -3.84. The van der Waals surface area contributed by atoms with Crippen molar-refractivity contribution in [3.05, 3.63) is 41.2 Å². The molecule has 0 unspecified atom stereocenters. The Morgan fingerprint density at radius 1 is 1.08 bits per heavy atom. The van der Waals surface area contributed by atoms with Crippen molar-refractivity contribution in [1.82, 2.24) is 34.7 Å². The summed E-state index contributed by atoms with van der Waals surface area (Å²) in [5, 5.41) is 8.08. The lowest BCUT2D eigenvalue weighted by Gasteiger charge is -2.22.